The van der Waals surface area contributed by atoms with E-state index >= 15 is 0 Å². The molecule has 3 aromatic rings. The predicted octanol–water partition coefficient (Wildman–Crippen LogP) is 3.08. The second-order valence-electron chi connectivity index (χ2n) is 5.32. The van der Waals surface area contributed by atoms with Gasteiger partial charge in [0.15, 0.2) is 17.6 Å². The number of rotatable bonds is 2. The minimum absolute atomic E-state index is 0.160. The summed E-state index contributed by atoms with van der Waals surface area (Å²) in [5.41, 5.74) is 3.17. The van der Waals surface area contributed by atoms with Crippen molar-refractivity contribution >= 4 is 22.7 Å². The molecule has 0 saturated carbocycles. The average Bonchev–Trinajstić information content (AvgIpc) is 3.08. The molecule has 1 atom stereocenters. The lowest BCUT2D eigenvalue weighted by Crippen LogP contribution is -2.31. The van der Waals surface area contributed by atoms with Crippen LogP contribution in [0.2, 0.25) is 0 Å². The van der Waals surface area contributed by atoms with E-state index in [1.165, 1.54) is 0 Å². The maximum atomic E-state index is 12.3. The molecule has 5 heteroatoms. The number of para-hydroxylation sites is 1. The van der Waals surface area contributed by atoms with E-state index in [4.69, 9.17) is 9.15 Å². The van der Waals surface area contributed by atoms with Crippen LogP contribution in [0.5, 0.6) is 5.75 Å². The predicted molar refractivity (Wildman–Crippen MR) is 81.9 cm³/mol. The van der Waals surface area contributed by atoms with Crippen LogP contribution in [0.3, 0.4) is 0 Å². The summed E-state index contributed by atoms with van der Waals surface area (Å²) in [6, 6.07) is 13.1. The first-order valence-corrected chi connectivity index (χ1v) is 7.12. The molecule has 1 N–H and O–H groups in total. The van der Waals surface area contributed by atoms with Gasteiger partial charge in [-0.15, -0.1) is 0 Å². The molecule has 1 aliphatic heterocycles. The van der Waals surface area contributed by atoms with Crippen molar-refractivity contribution in [2.75, 3.05) is 5.32 Å². The van der Waals surface area contributed by atoms with Gasteiger partial charge in [-0.2, -0.15) is 0 Å². The van der Waals surface area contributed by atoms with Crippen LogP contribution in [0.15, 0.2) is 46.9 Å². The molecule has 1 aromatic heterocycles. The molecule has 0 saturated heterocycles. The number of carbonyl (C=O) groups is 1. The lowest BCUT2D eigenvalue weighted by Gasteiger charge is -2.11. The molecule has 0 radical (unpaired) electrons. The number of amides is 1. The number of hydrogen-bond donors (Lipinski definition) is 1. The summed E-state index contributed by atoms with van der Waals surface area (Å²) in [6.07, 6.45) is 0.0932. The van der Waals surface area contributed by atoms with E-state index in [9.17, 15) is 4.79 Å². The van der Waals surface area contributed by atoms with Crippen molar-refractivity contribution in [2.24, 2.45) is 0 Å². The van der Waals surface area contributed by atoms with E-state index in [0.717, 1.165) is 16.8 Å². The molecular formula is C17H14N2O3. The number of oxazole rings is 1. The number of carbonyl (C=O) groups excluding carboxylic acids is 1. The summed E-state index contributed by atoms with van der Waals surface area (Å²) in [6.45, 7) is 1.79. The fourth-order valence-electron chi connectivity index (χ4n) is 2.67. The minimum Gasteiger partial charge on any atom is -0.480 e. The van der Waals surface area contributed by atoms with Crippen molar-refractivity contribution in [3.05, 3.63) is 53.9 Å². The third kappa shape index (κ3) is 2.20. The van der Waals surface area contributed by atoms with Gasteiger partial charge in [0.05, 0.1) is 0 Å². The fourth-order valence-corrected chi connectivity index (χ4v) is 2.67. The van der Waals surface area contributed by atoms with E-state index in [1.807, 2.05) is 36.4 Å². The van der Waals surface area contributed by atoms with Crippen LogP contribution in [-0.2, 0) is 11.2 Å². The topological polar surface area (TPSA) is 64.4 Å². The standard InChI is InChI=1S/C17H14N2O3/c1-10-18-13-7-6-12(9-15(13)21-10)19-17(20)16-8-11-4-2-3-5-14(11)22-16/h2-7,9,16H,8H2,1H3,(H,19,20). The highest BCUT2D eigenvalue weighted by molar-refractivity contribution is 5.96. The summed E-state index contributed by atoms with van der Waals surface area (Å²) < 4.78 is 11.2. The highest BCUT2D eigenvalue weighted by atomic mass is 16.5. The molecule has 4 rings (SSSR count). The van der Waals surface area contributed by atoms with Gasteiger partial charge >= 0.3 is 0 Å². The molecule has 0 fully saturated rings. The number of hydrogen-bond acceptors (Lipinski definition) is 4. The Morgan fingerprint density at radius 2 is 2.14 bits per heavy atom. The fraction of sp³-hybridized carbons (Fsp3) is 0.176. The zero-order chi connectivity index (χ0) is 15.1. The Morgan fingerprint density at radius 1 is 1.27 bits per heavy atom. The largest absolute Gasteiger partial charge is 0.480 e. The van der Waals surface area contributed by atoms with Crippen LogP contribution in [0.25, 0.3) is 11.1 Å². The molecule has 0 aliphatic carbocycles. The summed E-state index contributed by atoms with van der Waals surface area (Å²) in [5.74, 6) is 1.23. The maximum Gasteiger partial charge on any atom is 0.265 e. The second kappa shape index (κ2) is 4.87. The van der Waals surface area contributed by atoms with Gasteiger partial charge in [0.25, 0.3) is 5.91 Å². The Balaban J connectivity index is 1.52. The molecule has 22 heavy (non-hydrogen) atoms. The lowest BCUT2D eigenvalue weighted by molar-refractivity contribution is -0.122. The highest BCUT2D eigenvalue weighted by Crippen LogP contribution is 2.29. The zero-order valence-corrected chi connectivity index (χ0v) is 12.0. The Labute approximate surface area is 126 Å². The number of fused-ring (bicyclic) bond motifs is 2. The smallest absolute Gasteiger partial charge is 0.265 e. The first-order chi connectivity index (χ1) is 10.7. The van der Waals surface area contributed by atoms with Gasteiger partial charge in [-0.3, -0.25) is 4.79 Å². The van der Waals surface area contributed by atoms with Crippen molar-refractivity contribution in [1.29, 1.82) is 0 Å². The van der Waals surface area contributed by atoms with Crippen LogP contribution < -0.4 is 10.1 Å². The lowest BCUT2D eigenvalue weighted by atomic mass is 10.1. The monoisotopic (exact) mass is 294 g/mol. The van der Waals surface area contributed by atoms with Gasteiger partial charge in [-0.25, -0.2) is 4.98 Å². The quantitative estimate of drug-likeness (QED) is 0.789. The first-order valence-electron chi connectivity index (χ1n) is 7.12. The van der Waals surface area contributed by atoms with Crippen LogP contribution in [0.1, 0.15) is 11.5 Å². The molecule has 2 aromatic carbocycles. The average molecular weight is 294 g/mol. The number of aryl methyl sites for hydroxylation is 1. The van der Waals surface area contributed by atoms with Crippen LogP contribution in [-0.4, -0.2) is 17.0 Å². The van der Waals surface area contributed by atoms with Crippen molar-refractivity contribution < 1.29 is 13.9 Å². The van der Waals surface area contributed by atoms with Crippen LogP contribution in [0.4, 0.5) is 5.69 Å². The third-order valence-electron chi connectivity index (χ3n) is 3.70. The maximum absolute atomic E-state index is 12.3. The van der Waals surface area contributed by atoms with E-state index in [-0.39, 0.29) is 5.91 Å². The van der Waals surface area contributed by atoms with Crippen molar-refractivity contribution in [3.63, 3.8) is 0 Å². The summed E-state index contributed by atoms with van der Waals surface area (Å²) in [7, 11) is 0. The van der Waals surface area contributed by atoms with Crippen molar-refractivity contribution in [3.8, 4) is 5.75 Å². The van der Waals surface area contributed by atoms with E-state index in [0.29, 0.717) is 23.6 Å². The minimum atomic E-state index is -0.496. The Morgan fingerprint density at radius 3 is 3.00 bits per heavy atom. The zero-order valence-electron chi connectivity index (χ0n) is 12.0. The van der Waals surface area contributed by atoms with Crippen molar-refractivity contribution in [2.45, 2.75) is 19.4 Å². The number of nitrogens with one attached hydrogen (secondary N) is 1. The number of nitrogens with zero attached hydrogens (tertiary/aromatic N) is 1. The third-order valence-corrected chi connectivity index (χ3v) is 3.70. The second-order valence-corrected chi connectivity index (χ2v) is 5.32. The van der Waals surface area contributed by atoms with Gasteiger partial charge in [-0.1, -0.05) is 18.2 Å². The SMILES string of the molecule is Cc1nc2ccc(NC(=O)C3Cc4ccccc4O3)cc2o1. The number of benzene rings is 2. The summed E-state index contributed by atoms with van der Waals surface area (Å²) in [5, 5.41) is 2.87. The van der Waals surface area contributed by atoms with Gasteiger partial charge in [0, 0.05) is 25.1 Å². The highest BCUT2D eigenvalue weighted by Gasteiger charge is 2.28. The number of anilines is 1. The molecule has 110 valence electrons. The molecule has 1 unspecified atom stereocenters. The number of aromatic nitrogens is 1. The normalized spacial score (nSPS) is 16.3. The van der Waals surface area contributed by atoms with E-state index in [1.54, 1.807) is 13.0 Å². The van der Waals surface area contributed by atoms with Crippen LogP contribution in [0, 0.1) is 6.92 Å². The van der Waals surface area contributed by atoms with Gasteiger partial charge in [-0.05, 0) is 23.8 Å². The Hall–Kier alpha value is -2.82. The van der Waals surface area contributed by atoms with Gasteiger partial charge in [0.1, 0.15) is 11.3 Å². The molecule has 0 spiro atoms. The van der Waals surface area contributed by atoms with Crippen LogP contribution >= 0.6 is 0 Å². The Kier molecular flexibility index (Phi) is 2.85. The molecule has 2 heterocycles. The molecule has 1 amide bonds. The van der Waals surface area contributed by atoms with Gasteiger partial charge in [0.2, 0.25) is 0 Å². The Bertz CT molecular complexity index is 844. The molecule has 1 aliphatic rings. The molecular weight excluding hydrogens is 280 g/mol. The van der Waals surface area contributed by atoms with E-state index < -0.39 is 6.10 Å². The molecule has 5 nitrogen and oxygen atoms in total. The first kappa shape index (κ1) is 12.9. The van der Waals surface area contributed by atoms with Crippen molar-refractivity contribution in [1.82, 2.24) is 4.98 Å². The summed E-state index contributed by atoms with van der Waals surface area (Å²) in [4.78, 5) is 16.6. The number of ether oxygens (including phenoxy) is 1. The summed E-state index contributed by atoms with van der Waals surface area (Å²) >= 11 is 0. The molecule has 0 bridgehead atoms. The van der Waals surface area contributed by atoms with Gasteiger partial charge < -0.3 is 14.5 Å². The van der Waals surface area contributed by atoms with E-state index in [2.05, 4.69) is 10.3 Å².